The summed E-state index contributed by atoms with van der Waals surface area (Å²) in [5.41, 5.74) is -25.5. The molecule has 0 N–H and O–H groups in total. The van der Waals surface area contributed by atoms with Crippen LogP contribution in [0.25, 0.3) is 0 Å². The largest absolute Gasteiger partial charge is 0.570 e. The molecule has 1 fully saturated rings. The quantitative estimate of drug-likeness (QED) is 0.0356. The van der Waals surface area contributed by atoms with Gasteiger partial charge in [0.25, 0.3) is 0 Å². The first-order valence-electron chi connectivity index (χ1n) is 29.0. The lowest BCUT2D eigenvalue weighted by Crippen LogP contribution is -2.56. The van der Waals surface area contributed by atoms with E-state index in [1.54, 1.807) is 0 Å². The van der Waals surface area contributed by atoms with Crippen molar-refractivity contribution in [1.82, 2.24) is 0 Å². The van der Waals surface area contributed by atoms with Crippen molar-refractivity contribution in [3.8, 4) is 0 Å². The number of benzene rings is 8. The van der Waals surface area contributed by atoms with E-state index in [9.17, 15) is 162 Å². The minimum absolute atomic E-state index is 0.0758. The lowest BCUT2D eigenvalue weighted by molar-refractivity contribution is -0.144. The Morgan fingerprint density at radius 1 is 0.252 bits per heavy atom. The molecule has 9 rings (SSSR count). The molecule has 0 aliphatic carbocycles. The van der Waals surface area contributed by atoms with Crippen LogP contribution >= 0.6 is 11.5 Å². The van der Waals surface area contributed by atoms with Crippen LogP contribution in [0.4, 0.5) is 162 Å². The van der Waals surface area contributed by atoms with E-state index in [0.717, 1.165) is 33.1 Å². The van der Waals surface area contributed by atoms with Crippen LogP contribution in [-0.2, 0) is 60.0 Å². The molecular formula is C65H37B3ClF37O. The van der Waals surface area contributed by atoms with E-state index in [4.69, 9.17) is 11.5 Å². The first-order valence-corrected chi connectivity index (χ1v) is 29.5. The van der Waals surface area contributed by atoms with Crippen molar-refractivity contribution in [2.45, 2.75) is 89.2 Å². The van der Waals surface area contributed by atoms with Crippen molar-refractivity contribution in [2.24, 2.45) is 0 Å². The van der Waals surface area contributed by atoms with E-state index in [1.165, 1.54) is 25.8 Å². The van der Waals surface area contributed by atoms with Gasteiger partial charge in [0.05, 0.1) is 50.1 Å². The standard InChI is InChI=1S/2C22H9BF14.C16H9BClF9.C5H10O/c2*1-8-2-9(20(29,30)31)5-12(3-8)23(14-15(24)17(26)19(28)18(27)16(14)25)13-6-10(21(32,33)34)4-11(7-13)22(35,36)37;1-8-2-9(14(19,20)21)5-12(3-8)17(18)13-6-10(15(22,23)24)4-11(7-13)16(25,26)27;1-6-4-2-3-5-6/h2*2-7H,1H3;2-7H,1H3;1-5H2. The summed E-state index contributed by atoms with van der Waals surface area (Å²) in [6.07, 6.45) is -46.3. The van der Waals surface area contributed by atoms with Gasteiger partial charge in [-0.2, -0.15) is 130 Å². The van der Waals surface area contributed by atoms with Gasteiger partial charge in [-0.15, -0.1) is 0 Å². The first kappa shape index (κ1) is 87.5. The normalized spacial score (nSPS) is 13.5. The third-order valence-electron chi connectivity index (χ3n) is 15.2. The smallest absolute Gasteiger partial charge is 0.416 e. The molecule has 8 aromatic carbocycles. The summed E-state index contributed by atoms with van der Waals surface area (Å²) in [4.78, 5) is 0. The molecule has 0 spiro atoms. The van der Waals surface area contributed by atoms with E-state index in [-0.39, 0.29) is 76.8 Å². The Hall–Kier alpha value is -8.39. The van der Waals surface area contributed by atoms with E-state index in [0.29, 0.717) is 42.5 Å². The summed E-state index contributed by atoms with van der Waals surface area (Å²) >= 11 is 5.97. The average Bonchev–Trinajstić information content (AvgIpc) is 0.770. The number of rotatable bonds is 8. The molecule has 107 heavy (non-hydrogen) atoms. The van der Waals surface area contributed by atoms with Crippen LogP contribution < -0.4 is 43.7 Å². The highest BCUT2D eigenvalue weighted by atomic mass is 35.5. The predicted molar refractivity (Wildman–Crippen MR) is 316 cm³/mol. The Labute approximate surface area is 583 Å². The zero-order valence-electron chi connectivity index (χ0n) is 52.9. The fraction of sp³-hybridized carbons (Fsp3) is 0.246. The van der Waals surface area contributed by atoms with Crippen molar-refractivity contribution in [2.75, 3.05) is 13.2 Å². The van der Waals surface area contributed by atoms with Gasteiger partial charge in [0.1, 0.15) is 13.2 Å². The monoisotopic (exact) mass is 1600 g/mol. The van der Waals surface area contributed by atoms with Crippen molar-refractivity contribution >= 4 is 74.7 Å². The molecule has 1 nitrogen and oxygen atoms in total. The average molecular weight is 1600 g/mol. The molecular weight excluding hydrogens is 1570 g/mol. The summed E-state index contributed by atoms with van der Waals surface area (Å²) in [5.74, 6) is -26.4. The van der Waals surface area contributed by atoms with Crippen molar-refractivity contribution < 1.29 is 167 Å². The number of alkyl halides is 27. The van der Waals surface area contributed by atoms with Gasteiger partial charge in [0.15, 0.2) is 58.2 Å². The van der Waals surface area contributed by atoms with Gasteiger partial charge in [-0.3, -0.25) is 0 Å². The van der Waals surface area contributed by atoms with E-state index in [2.05, 4.69) is 11.5 Å². The molecule has 1 saturated heterocycles. The maximum Gasteiger partial charge on any atom is 0.416 e. The molecule has 8 aromatic rings. The SMILES string of the molecule is Cc1cc(B(Cl)c2cc(C(F)(F)F)cc(C(F)(F)F)c2)cc(C(F)(F)F)c1.Cc1cc(B(c2cc(C(F)(F)F)cc(C(F)(F)F)c2)c2c(F)c(F)c(F)c(F)c2F)cc(C(F)(F)F)c1.Cc1cc(B(c2cc(C(F)(F)F)cc(C(F)(F)F)c2)c2c(F)c(F)c(F)c(F)c2F)cc(C(F)(F)F)c1.[CH2-][O+]1CCCC1. The summed E-state index contributed by atoms with van der Waals surface area (Å²) < 4.78 is 502. The van der Waals surface area contributed by atoms with Gasteiger partial charge in [0, 0.05) is 23.8 Å². The second-order valence-electron chi connectivity index (χ2n) is 23.3. The fourth-order valence-corrected chi connectivity index (χ4v) is 10.8. The topological polar surface area (TPSA) is 2.70 Å². The molecule has 42 heteroatoms. The Bertz CT molecular complexity index is 4190. The third kappa shape index (κ3) is 21.3. The lowest BCUT2D eigenvalue weighted by Gasteiger charge is -2.22. The molecule has 0 unspecified atom stereocenters. The number of aryl methyl sites for hydroxylation is 3. The Balaban J connectivity index is 0.000000244. The van der Waals surface area contributed by atoms with Crippen molar-refractivity contribution in [3.63, 3.8) is 0 Å². The van der Waals surface area contributed by atoms with Crippen LogP contribution in [0, 0.1) is 86.1 Å². The highest BCUT2D eigenvalue weighted by Crippen LogP contribution is 2.40. The first-order chi connectivity index (χ1) is 48.4. The summed E-state index contributed by atoms with van der Waals surface area (Å²) in [5, 5.41) is 0. The minimum Gasteiger partial charge on any atom is -0.570 e. The third-order valence-corrected chi connectivity index (χ3v) is 15.7. The lowest BCUT2D eigenvalue weighted by atomic mass is 9.36. The van der Waals surface area contributed by atoms with Crippen LogP contribution in [0.2, 0.25) is 0 Å². The molecule has 0 bridgehead atoms. The molecule has 1 aliphatic heterocycles. The highest BCUT2D eigenvalue weighted by Gasteiger charge is 2.46. The number of hydrogen-bond donors (Lipinski definition) is 0. The van der Waals surface area contributed by atoms with Crippen LogP contribution in [0.15, 0.2) is 109 Å². The van der Waals surface area contributed by atoms with Gasteiger partial charge in [-0.25, -0.2) is 43.9 Å². The minimum atomic E-state index is -5.50. The number of halogens is 38. The Morgan fingerprint density at radius 2 is 0.411 bits per heavy atom. The highest BCUT2D eigenvalue weighted by molar-refractivity contribution is 7.21. The molecule has 1 aliphatic rings. The number of hydrogen-bond acceptors (Lipinski definition) is 0. The molecule has 0 radical (unpaired) electrons. The van der Waals surface area contributed by atoms with Gasteiger partial charge in [-0.1, -0.05) is 129 Å². The van der Waals surface area contributed by atoms with Crippen LogP contribution in [0.3, 0.4) is 0 Å². The van der Waals surface area contributed by atoms with Crippen LogP contribution in [0.5, 0.6) is 0 Å². The predicted octanol–water partition coefficient (Wildman–Crippen LogP) is 19.0. The van der Waals surface area contributed by atoms with Crippen LogP contribution in [-0.4, -0.2) is 32.8 Å². The molecule has 0 amide bonds. The Kier molecular flexibility index (Phi) is 25.9. The fourth-order valence-electron chi connectivity index (χ4n) is 10.5. The molecule has 1 heterocycles. The van der Waals surface area contributed by atoms with E-state index in [1.807, 2.05) is 0 Å². The maximum atomic E-state index is 14.7. The molecule has 0 aromatic heterocycles. The molecule has 578 valence electrons. The van der Waals surface area contributed by atoms with E-state index < -0.39 is 222 Å². The van der Waals surface area contributed by atoms with Gasteiger partial charge < -0.3 is 4.37 Å². The molecule has 0 saturated carbocycles. The van der Waals surface area contributed by atoms with Crippen LogP contribution in [0.1, 0.15) is 79.6 Å². The second kappa shape index (κ2) is 31.7. The zero-order valence-corrected chi connectivity index (χ0v) is 53.7. The Morgan fingerprint density at radius 3 is 0.598 bits per heavy atom. The van der Waals surface area contributed by atoms with E-state index >= 15 is 0 Å². The summed E-state index contributed by atoms with van der Waals surface area (Å²) in [6, 6.07) is 4.84. The molecule has 0 atom stereocenters. The maximum absolute atomic E-state index is 14.7. The van der Waals surface area contributed by atoms with Gasteiger partial charge in [-0.05, 0) is 57.2 Å². The van der Waals surface area contributed by atoms with Gasteiger partial charge >= 0.3 is 61.7 Å². The van der Waals surface area contributed by atoms with Gasteiger partial charge in [0.2, 0.25) is 13.4 Å². The van der Waals surface area contributed by atoms with Crippen molar-refractivity contribution in [3.05, 3.63) is 241 Å². The summed E-state index contributed by atoms with van der Waals surface area (Å²) in [6.45, 7) is 0.127. The zero-order chi connectivity index (χ0) is 81.7. The summed E-state index contributed by atoms with van der Waals surface area (Å²) in [7, 11) is 3.69. The van der Waals surface area contributed by atoms with Crippen molar-refractivity contribution in [1.29, 1.82) is 0 Å². The second-order valence-corrected chi connectivity index (χ2v) is 23.8.